The molecular formula is C26H23BrN2O4. The van der Waals surface area contributed by atoms with Gasteiger partial charge in [-0.05, 0) is 65.5 Å². The second-order valence-electron chi connectivity index (χ2n) is 8.29. The Hall–Kier alpha value is -3.19. The van der Waals surface area contributed by atoms with Crippen LogP contribution in [0.2, 0.25) is 0 Å². The van der Waals surface area contributed by atoms with E-state index in [-0.39, 0.29) is 25.0 Å². The lowest BCUT2D eigenvalue weighted by Gasteiger charge is -2.32. The summed E-state index contributed by atoms with van der Waals surface area (Å²) in [5, 5.41) is 1.66. The van der Waals surface area contributed by atoms with Crippen LogP contribution in [-0.4, -0.2) is 48.9 Å². The Morgan fingerprint density at radius 1 is 0.879 bits per heavy atom. The van der Waals surface area contributed by atoms with Gasteiger partial charge in [-0.2, -0.15) is 0 Å². The van der Waals surface area contributed by atoms with E-state index in [1.807, 2.05) is 24.3 Å². The van der Waals surface area contributed by atoms with Crippen LogP contribution in [0.5, 0.6) is 0 Å². The summed E-state index contributed by atoms with van der Waals surface area (Å²) in [4.78, 5) is 42.4. The smallest absolute Gasteiger partial charge is 0.339 e. The highest BCUT2D eigenvalue weighted by Crippen LogP contribution is 2.36. The number of halogens is 1. The number of carbonyl (C=O) groups excluding carboxylic acids is 3. The molecule has 168 valence electrons. The highest BCUT2D eigenvalue weighted by molar-refractivity contribution is 9.10. The van der Waals surface area contributed by atoms with E-state index < -0.39 is 5.97 Å². The molecule has 0 N–H and O–H groups in total. The normalized spacial score (nSPS) is 15.8. The molecule has 0 unspecified atom stereocenters. The van der Waals surface area contributed by atoms with E-state index in [9.17, 15) is 14.4 Å². The standard InChI is InChI=1S/C26H23BrN2O4/c27-21-10-3-2-7-17(21)26(32)33-16-15-29-24(30)19-9-6-8-18-22(28-13-4-1-5-14-28)12-11-20(23(18)19)25(29)31/h2-3,6-12H,1,4-5,13-16H2. The van der Waals surface area contributed by atoms with E-state index in [1.54, 1.807) is 30.3 Å². The number of ether oxygens (including phenoxy) is 1. The van der Waals surface area contributed by atoms with Crippen LogP contribution in [0.1, 0.15) is 50.3 Å². The number of imide groups is 1. The molecule has 0 saturated carbocycles. The lowest BCUT2D eigenvalue weighted by Crippen LogP contribution is -2.42. The van der Waals surface area contributed by atoms with Gasteiger partial charge in [-0.15, -0.1) is 0 Å². The van der Waals surface area contributed by atoms with E-state index in [4.69, 9.17) is 4.74 Å². The van der Waals surface area contributed by atoms with E-state index in [0.29, 0.717) is 21.2 Å². The predicted octanol–water partition coefficient (Wildman–Crippen LogP) is 5.05. The van der Waals surface area contributed by atoms with Gasteiger partial charge in [0.1, 0.15) is 6.61 Å². The molecule has 5 rings (SSSR count). The fourth-order valence-electron chi connectivity index (χ4n) is 4.68. The molecule has 0 radical (unpaired) electrons. The molecule has 2 aliphatic rings. The summed E-state index contributed by atoms with van der Waals surface area (Å²) in [6, 6.07) is 16.4. The largest absolute Gasteiger partial charge is 0.460 e. The zero-order valence-corrected chi connectivity index (χ0v) is 19.6. The third-order valence-corrected chi connectivity index (χ3v) is 7.00. The zero-order chi connectivity index (χ0) is 22.9. The van der Waals surface area contributed by atoms with Gasteiger partial charge < -0.3 is 9.64 Å². The van der Waals surface area contributed by atoms with Crippen molar-refractivity contribution in [2.24, 2.45) is 0 Å². The third kappa shape index (κ3) is 3.91. The third-order valence-electron chi connectivity index (χ3n) is 6.31. The maximum absolute atomic E-state index is 13.2. The van der Waals surface area contributed by atoms with Crippen LogP contribution in [0.3, 0.4) is 0 Å². The van der Waals surface area contributed by atoms with Crippen LogP contribution in [0.4, 0.5) is 5.69 Å². The monoisotopic (exact) mass is 506 g/mol. The molecule has 0 atom stereocenters. The molecule has 6 nitrogen and oxygen atoms in total. The Kier molecular flexibility index (Phi) is 5.89. The molecule has 2 amide bonds. The van der Waals surface area contributed by atoms with E-state index in [0.717, 1.165) is 42.4 Å². The fourth-order valence-corrected chi connectivity index (χ4v) is 5.13. The Morgan fingerprint density at radius 2 is 1.61 bits per heavy atom. The number of rotatable bonds is 5. The second kappa shape index (κ2) is 8.98. The van der Waals surface area contributed by atoms with Crippen LogP contribution >= 0.6 is 15.9 Å². The Morgan fingerprint density at radius 3 is 2.36 bits per heavy atom. The molecule has 0 aromatic heterocycles. The van der Waals surface area contributed by atoms with Crippen molar-refractivity contribution in [3.63, 3.8) is 0 Å². The first kappa shape index (κ1) is 21.6. The van der Waals surface area contributed by atoms with Gasteiger partial charge in [-0.25, -0.2) is 4.79 Å². The lowest BCUT2D eigenvalue weighted by atomic mass is 9.92. The molecule has 0 aliphatic carbocycles. The van der Waals surface area contributed by atoms with Crippen molar-refractivity contribution >= 4 is 50.2 Å². The van der Waals surface area contributed by atoms with Gasteiger partial charge in [0, 0.05) is 45.1 Å². The minimum atomic E-state index is -0.506. The van der Waals surface area contributed by atoms with Crippen molar-refractivity contribution in [2.75, 3.05) is 31.1 Å². The maximum atomic E-state index is 13.2. The summed E-state index contributed by atoms with van der Waals surface area (Å²) in [5.41, 5.74) is 2.50. The molecule has 1 fully saturated rings. The summed E-state index contributed by atoms with van der Waals surface area (Å²) < 4.78 is 5.98. The molecule has 3 aromatic rings. The number of anilines is 1. The summed E-state index contributed by atoms with van der Waals surface area (Å²) in [7, 11) is 0. The SMILES string of the molecule is O=C(OCCN1C(=O)c2cccc3c(N4CCCCC4)ccc(c23)C1=O)c1ccccc1Br. The number of amides is 2. The number of piperidine rings is 1. The highest BCUT2D eigenvalue weighted by atomic mass is 79.9. The fraction of sp³-hybridized carbons (Fsp3) is 0.269. The molecule has 3 aromatic carbocycles. The van der Waals surface area contributed by atoms with Crippen molar-refractivity contribution in [1.82, 2.24) is 4.90 Å². The summed E-state index contributed by atoms with van der Waals surface area (Å²) in [6.45, 7) is 1.89. The number of hydrogen-bond donors (Lipinski definition) is 0. The molecular weight excluding hydrogens is 484 g/mol. The van der Waals surface area contributed by atoms with Crippen LogP contribution in [0.15, 0.2) is 59.1 Å². The number of carbonyl (C=O) groups is 3. The van der Waals surface area contributed by atoms with Crippen molar-refractivity contribution in [1.29, 1.82) is 0 Å². The summed E-state index contributed by atoms with van der Waals surface area (Å²) in [5.74, 6) is -1.22. The first-order valence-electron chi connectivity index (χ1n) is 11.1. The predicted molar refractivity (Wildman–Crippen MR) is 130 cm³/mol. The first-order valence-corrected chi connectivity index (χ1v) is 11.9. The van der Waals surface area contributed by atoms with E-state index in [2.05, 4.69) is 20.8 Å². The Bertz CT molecular complexity index is 1240. The van der Waals surface area contributed by atoms with Gasteiger partial charge in [-0.3, -0.25) is 14.5 Å². The topological polar surface area (TPSA) is 66.9 Å². The molecule has 2 heterocycles. The van der Waals surface area contributed by atoms with Gasteiger partial charge in [0.05, 0.1) is 12.1 Å². The molecule has 1 saturated heterocycles. The van der Waals surface area contributed by atoms with Crippen molar-refractivity contribution < 1.29 is 19.1 Å². The second-order valence-corrected chi connectivity index (χ2v) is 9.14. The van der Waals surface area contributed by atoms with Gasteiger partial charge in [0.2, 0.25) is 0 Å². The summed E-state index contributed by atoms with van der Waals surface area (Å²) in [6.07, 6.45) is 3.52. The lowest BCUT2D eigenvalue weighted by molar-refractivity contribution is 0.0404. The minimum absolute atomic E-state index is 0.00242. The number of hydrogen-bond acceptors (Lipinski definition) is 5. The van der Waals surface area contributed by atoms with Crippen molar-refractivity contribution in [3.05, 3.63) is 75.8 Å². The van der Waals surface area contributed by atoms with Gasteiger partial charge in [0.15, 0.2) is 0 Å². The van der Waals surface area contributed by atoms with Crippen molar-refractivity contribution in [3.8, 4) is 0 Å². The van der Waals surface area contributed by atoms with Gasteiger partial charge in [-0.1, -0.05) is 24.3 Å². The first-order chi connectivity index (χ1) is 16.1. The number of esters is 1. The van der Waals surface area contributed by atoms with Gasteiger partial charge >= 0.3 is 5.97 Å². The molecule has 7 heteroatoms. The van der Waals surface area contributed by atoms with Crippen LogP contribution in [0.25, 0.3) is 10.8 Å². The maximum Gasteiger partial charge on any atom is 0.339 e. The highest BCUT2D eigenvalue weighted by Gasteiger charge is 2.33. The van der Waals surface area contributed by atoms with Gasteiger partial charge in [0.25, 0.3) is 11.8 Å². The van der Waals surface area contributed by atoms with Crippen LogP contribution < -0.4 is 4.90 Å². The van der Waals surface area contributed by atoms with E-state index in [1.165, 1.54) is 11.3 Å². The van der Waals surface area contributed by atoms with Crippen LogP contribution in [-0.2, 0) is 4.74 Å². The minimum Gasteiger partial charge on any atom is -0.460 e. The van der Waals surface area contributed by atoms with Crippen molar-refractivity contribution in [2.45, 2.75) is 19.3 Å². The van der Waals surface area contributed by atoms with E-state index >= 15 is 0 Å². The average Bonchev–Trinajstić information content (AvgIpc) is 2.85. The zero-order valence-electron chi connectivity index (χ0n) is 18.1. The molecule has 0 bridgehead atoms. The Labute approximate surface area is 200 Å². The Balaban J connectivity index is 1.38. The average molecular weight is 507 g/mol. The molecule has 0 spiro atoms. The van der Waals surface area contributed by atoms with Crippen LogP contribution in [0, 0.1) is 0 Å². The summed E-state index contributed by atoms with van der Waals surface area (Å²) >= 11 is 3.33. The number of nitrogens with zero attached hydrogens (tertiary/aromatic N) is 2. The quantitative estimate of drug-likeness (QED) is 0.358. The molecule has 33 heavy (non-hydrogen) atoms. The number of benzene rings is 3. The molecule has 2 aliphatic heterocycles.